The second-order valence-corrected chi connectivity index (χ2v) is 8.05. The van der Waals surface area contributed by atoms with Gasteiger partial charge in [-0.15, -0.1) is 11.6 Å². The van der Waals surface area contributed by atoms with Crippen LogP contribution in [0, 0.1) is 5.92 Å². The van der Waals surface area contributed by atoms with Crippen LogP contribution in [0.2, 0.25) is 0 Å². The molecule has 1 unspecified atom stereocenters. The van der Waals surface area contributed by atoms with Crippen molar-refractivity contribution in [2.75, 3.05) is 12.4 Å². The van der Waals surface area contributed by atoms with E-state index in [0.717, 1.165) is 44.1 Å². The number of benzene rings is 1. The van der Waals surface area contributed by atoms with E-state index in [-0.39, 0.29) is 17.4 Å². The van der Waals surface area contributed by atoms with Gasteiger partial charge in [-0.25, -0.2) is 13.1 Å². The molecule has 1 aliphatic carbocycles. The van der Waals surface area contributed by atoms with E-state index in [0.29, 0.717) is 5.88 Å². The van der Waals surface area contributed by atoms with Gasteiger partial charge in [-0.05, 0) is 49.3 Å². The molecule has 2 rings (SSSR count). The van der Waals surface area contributed by atoms with Crippen LogP contribution in [0.15, 0.2) is 29.2 Å². The number of alkyl halides is 1. The molecule has 0 radical (unpaired) electrons. The Kier molecular flexibility index (Phi) is 6.68. The quantitative estimate of drug-likeness (QED) is 0.712. The Balaban J connectivity index is 1.91. The average molecular weight is 346 g/mol. The summed E-state index contributed by atoms with van der Waals surface area (Å²) in [5, 5.41) is 10.1. The van der Waals surface area contributed by atoms with Crippen LogP contribution >= 0.6 is 11.6 Å². The fourth-order valence-electron chi connectivity index (χ4n) is 2.89. The Morgan fingerprint density at radius 2 is 1.86 bits per heavy atom. The highest BCUT2D eigenvalue weighted by Crippen LogP contribution is 2.27. The van der Waals surface area contributed by atoms with Crippen molar-refractivity contribution in [3.8, 4) is 0 Å². The lowest BCUT2D eigenvalue weighted by atomic mass is 10.0. The molecule has 2 N–H and O–H groups in total. The lowest BCUT2D eigenvalue weighted by Crippen LogP contribution is -2.35. The zero-order chi connectivity index (χ0) is 16.0. The fraction of sp³-hybridized carbons (Fsp3) is 0.625. The van der Waals surface area contributed by atoms with E-state index in [2.05, 4.69) is 4.72 Å². The molecule has 6 heteroatoms. The van der Waals surface area contributed by atoms with E-state index in [9.17, 15) is 13.5 Å². The van der Waals surface area contributed by atoms with Gasteiger partial charge >= 0.3 is 0 Å². The van der Waals surface area contributed by atoms with E-state index in [1.807, 2.05) is 12.1 Å². The summed E-state index contributed by atoms with van der Waals surface area (Å²) in [6.45, 7) is 0.0843. The molecular weight excluding hydrogens is 322 g/mol. The molecule has 1 aromatic rings. The minimum absolute atomic E-state index is 0.0843. The van der Waals surface area contributed by atoms with Crippen molar-refractivity contribution in [2.24, 2.45) is 5.92 Å². The van der Waals surface area contributed by atoms with Gasteiger partial charge in [0, 0.05) is 12.4 Å². The number of rotatable bonds is 8. The minimum Gasteiger partial charge on any atom is -0.391 e. The first-order valence-electron chi connectivity index (χ1n) is 7.85. The van der Waals surface area contributed by atoms with Gasteiger partial charge in [0.05, 0.1) is 11.0 Å². The Morgan fingerprint density at radius 3 is 2.45 bits per heavy atom. The highest BCUT2D eigenvalue weighted by molar-refractivity contribution is 7.89. The van der Waals surface area contributed by atoms with Crippen molar-refractivity contribution < 1.29 is 13.5 Å². The molecule has 0 amide bonds. The largest absolute Gasteiger partial charge is 0.391 e. The van der Waals surface area contributed by atoms with Gasteiger partial charge in [-0.3, -0.25) is 0 Å². The van der Waals surface area contributed by atoms with E-state index < -0.39 is 16.1 Å². The second-order valence-electron chi connectivity index (χ2n) is 5.90. The van der Waals surface area contributed by atoms with Crippen LogP contribution < -0.4 is 4.72 Å². The molecular formula is C16H24ClNO3S. The SMILES string of the molecule is O=S(=O)(NCC(O)C1CCCC1)c1ccc(CCCCl)cc1. The molecule has 22 heavy (non-hydrogen) atoms. The first kappa shape index (κ1) is 17.7. The number of hydrogen-bond acceptors (Lipinski definition) is 3. The maximum Gasteiger partial charge on any atom is 0.240 e. The van der Waals surface area contributed by atoms with Crippen molar-refractivity contribution in [1.82, 2.24) is 4.72 Å². The average Bonchev–Trinajstić information content (AvgIpc) is 3.05. The highest BCUT2D eigenvalue weighted by atomic mass is 35.5. The summed E-state index contributed by atoms with van der Waals surface area (Å²) < 4.78 is 27.0. The van der Waals surface area contributed by atoms with Crippen LogP contribution in [-0.4, -0.2) is 32.1 Å². The van der Waals surface area contributed by atoms with E-state index in [1.54, 1.807) is 12.1 Å². The van der Waals surface area contributed by atoms with Gasteiger partial charge in [-0.1, -0.05) is 25.0 Å². The number of aliphatic hydroxyl groups excluding tert-OH is 1. The summed E-state index contributed by atoms with van der Waals surface area (Å²) >= 11 is 5.65. The standard InChI is InChI=1S/C16H24ClNO3S/c17-11-3-4-13-7-9-15(10-8-13)22(20,21)18-12-16(19)14-5-1-2-6-14/h7-10,14,16,18-19H,1-6,11-12H2. The van der Waals surface area contributed by atoms with Crippen molar-refractivity contribution in [1.29, 1.82) is 0 Å². The molecule has 1 saturated carbocycles. The van der Waals surface area contributed by atoms with Gasteiger partial charge in [0.2, 0.25) is 10.0 Å². The molecule has 1 aromatic carbocycles. The van der Waals surface area contributed by atoms with Crippen molar-refractivity contribution >= 4 is 21.6 Å². The Labute approximate surface area is 137 Å². The predicted molar refractivity (Wildman–Crippen MR) is 88.6 cm³/mol. The Bertz CT molecular complexity index is 553. The lowest BCUT2D eigenvalue weighted by Gasteiger charge is -2.18. The van der Waals surface area contributed by atoms with Gasteiger partial charge in [0.25, 0.3) is 0 Å². The summed E-state index contributed by atoms with van der Waals surface area (Å²) in [7, 11) is -3.56. The van der Waals surface area contributed by atoms with Crippen LogP contribution in [0.4, 0.5) is 0 Å². The highest BCUT2D eigenvalue weighted by Gasteiger charge is 2.24. The van der Waals surface area contributed by atoms with Crippen LogP contribution in [-0.2, 0) is 16.4 Å². The third kappa shape index (κ3) is 4.95. The number of aryl methyl sites for hydroxylation is 1. The second kappa shape index (κ2) is 8.29. The van der Waals surface area contributed by atoms with Crippen LogP contribution in [0.3, 0.4) is 0 Å². The van der Waals surface area contributed by atoms with E-state index in [4.69, 9.17) is 11.6 Å². The predicted octanol–water partition coefficient (Wildman–Crippen LogP) is 2.69. The zero-order valence-electron chi connectivity index (χ0n) is 12.7. The number of hydrogen-bond donors (Lipinski definition) is 2. The third-order valence-electron chi connectivity index (χ3n) is 4.26. The first-order valence-corrected chi connectivity index (χ1v) is 9.87. The monoisotopic (exact) mass is 345 g/mol. The first-order chi connectivity index (χ1) is 10.5. The summed E-state index contributed by atoms with van der Waals surface area (Å²) in [5.74, 6) is 0.821. The topological polar surface area (TPSA) is 66.4 Å². The van der Waals surface area contributed by atoms with Crippen LogP contribution in [0.25, 0.3) is 0 Å². The van der Waals surface area contributed by atoms with Gasteiger partial charge in [0.15, 0.2) is 0 Å². The Morgan fingerprint density at radius 1 is 1.23 bits per heavy atom. The smallest absolute Gasteiger partial charge is 0.240 e. The summed E-state index contributed by atoms with van der Waals surface area (Å²) in [6, 6.07) is 6.84. The van der Waals surface area contributed by atoms with Crippen molar-refractivity contribution in [3.63, 3.8) is 0 Å². The molecule has 4 nitrogen and oxygen atoms in total. The molecule has 0 aromatic heterocycles. The summed E-state index contributed by atoms with van der Waals surface area (Å²) in [4.78, 5) is 0.237. The molecule has 0 bridgehead atoms. The number of aliphatic hydroxyl groups is 1. The summed E-state index contributed by atoms with van der Waals surface area (Å²) in [5.41, 5.74) is 1.07. The fourth-order valence-corrected chi connectivity index (χ4v) is 4.08. The molecule has 0 heterocycles. The maximum atomic E-state index is 12.2. The van der Waals surface area contributed by atoms with E-state index >= 15 is 0 Å². The minimum atomic E-state index is -3.56. The zero-order valence-corrected chi connectivity index (χ0v) is 14.2. The molecule has 1 fully saturated rings. The molecule has 1 atom stereocenters. The van der Waals surface area contributed by atoms with Crippen molar-refractivity contribution in [3.05, 3.63) is 29.8 Å². The summed E-state index contributed by atoms with van der Waals surface area (Å²) in [6.07, 6.45) is 5.34. The maximum absolute atomic E-state index is 12.2. The lowest BCUT2D eigenvalue weighted by molar-refractivity contribution is 0.115. The van der Waals surface area contributed by atoms with Gasteiger partial charge in [0.1, 0.15) is 0 Å². The number of halogens is 1. The van der Waals surface area contributed by atoms with Crippen LogP contribution in [0.1, 0.15) is 37.7 Å². The third-order valence-corrected chi connectivity index (χ3v) is 5.97. The van der Waals surface area contributed by atoms with Gasteiger partial charge < -0.3 is 5.11 Å². The van der Waals surface area contributed by atoms with Gasteiger partial charge in [-0.2, -0.15) is 0 Å². The molecule has 124 valence electrons. The number of sulfonamides is 1. The molecule has 0 aliphatic heterocycles. The Hall–Kier alpha value is -0.620. The molecule has 1 aliphatic rings. The normalized spacial score (nSPS) is 17.7. The van der Waals surface area contributed by atoms with Crippen LogP contribution in [0.5, 0.6) is 0 Å². The number of nitrogens with one attached hydrogen (secondary N) is 1. The van der Waals surface area contributed by atoms with E-state index in [1.165, 1.54) is 0 Å². The van der Waals surface area contributed by atoms with Crippen molar-refractivity contribution in [2.45, 2.75) is 49.5 Å². The molecule has 0 spiro atoms. The molecule has 0 saturated heterocycles.